The summed E-state index contributed by atoms with van der Waals surface area (Å²) in [6, 6.07) is 3.57. The first kappa shape index (κ1) is 10.3. The number of aromatic nitrogens is 2. The van der Waals surface area contributed by atoms with Crippen molar-refractivity contribution in [3.63, 3.8) is 0 Å². The zero-order chi connectivity index (χ0) is 11.0. The van der Waals surface area contributed by atoms with E-state index >= 15 is 0 Å². The number of rotatable bonds is 3. The Morgan fingerprint density at radius 2 is 2.38 bits per heavy atom. The van der Waals surface area contributed by atoms with E-state index in [2.05, 4.69) is 21.4 Å². The maximum atomic E-state index is 4.40. The third-order valence-corrected chi connectivity index (χ3v) is 3.92. The van der Waals surface area contributed by atoms with Gasteiger partial charge in [-0.2, -0.15) is 5.10 Å². The van der Waals surface area contributed by atoms with E-state index in [1.165, 1.54) is 32.4 Å². The first-order valence-electron chi connectivity index (χ1n) is 6.29. The molecule has 16 heavy (non-hydrogen) atoms. The summed E-state index contributed by atoms with van der Waals surface area (Å²) in [4.78, 5) is 2.64. The van der Waals surface area contributed by atoms with Crippen LogP contribution in [-0.2, 0) is 13.6 Å². The molecule has 2 fully saturated rings. The summed E-state index contributed by atoms with van der Waals surface area (Å²) in [5.74, 6) is 0. The van der Waals surface area contributed by atoms with Gasteiger partial charge in [-0.05, 0) is 31.9 Å². The predicted octanol–water partition coefficient (Wildman–Crippen LogP) is 0.746. The molecular weight excluding hydrogens is 200 g/mol. The lowest BCUT2D eigenvalue weighted by Gasteiger charge is -2.20. The second-order valence-electron chi connectivity index (χ2n) is 5.00. The number of nitrogens with one attached hydrogen (secondary N) is 1. The standard InChI is InChI=1S/C12H20N4/c1-15-7-4-10(14-15)9-13-11-5-8-16-6-2-3-12(11)16/h4,7,11-13H,2-3,5-6,8-9H2,1H3. The number of hydrogen-bond acceptors (Lipinski definition) is 3. The van der Waals surface area contributed by atoms with Gasteiger partial charge in [-0.1, -0.05) is 0 Å². The zero-order valence-corrected chi connectivity index (χ0v) is 9.89. The SMILES string of the molecule is Cn1ccc(CNC2CCN3CCCC23)n1. The molecule has 0 amide bonds. The van der Waals surface area contributed by atoms with Gasteiger partial charge in [-0.25, -0.2) is 0 Å². The highest BCUT2D eigenvalue weighted by Crippen LogP contribution is 2.27. The summed E-state index contributed by atoms with van der Waals surface area (Å²) in [5, 5.41) is 8.06. The van der Waals surface area contributed by atoms with E-state index in [1.54, 1.807) is 0 Å². The molecule has 2 aliphatic heterocycles. The molecule has 3 rings (SSSR count). The summed E-state index contributed by atoms with van der Waals surface area (Å²) in [6.07, 6.45) is 6.07. The van der Waals surface area contributed by atoms with Crippen molar-refractivity contribution in [3.8, 4) is 0 Å². The van der Waals surface area contributed by atoms with Crippen LogP contribution in [0.4, 0.5) is 0 Å². The number of nitrogens with zero attached hydrogens (tertiary/aromatic N) is 3. The predicted molar refractivity (Wildman–Crippen MR) is 63.0 cm³/mol. The Labute approximate surface area is 96.6 Å². The average Bonchev–Trinajstić information content (AvgIpc) is 2.91. The van der Waals surface area contributed by atoms with Crippen molar-refractivity contribution in [2.45, 2.75) is 37.9 Å². The van der Waals surface area contributed by atoms with Crippen LogP contribution in [-0.4, -0.2) is 39.9 Å². The Kier molecular flexibility index (Phi) is 2.69. The first-order valence-corrected chi connectivity index (χ1v) is 6.29. The molecule has 0 bridgehead atoms. The molecule has 1 N–H and O–H groups in total. The maximum absolute atomic E-state index is 4.40. The number of aryl methyl sites for hydroxylation is 1. The van der Waals surface area contributed by atoms with E-state index in [0.717, 1.165) is 18.3 Å². The zero-order valence-electron chi connectivity index (χ0n) is 9.89. The number of fused-ring (bicyclic) bond motifs is 1. The Bertz CT molecular complexity index is 360. The summed E-state index contributed by atoms with van der Waals surface area (Å²) < 4.78 is 1.87. The smallest absolute Gasteiger partial charge is 0.0762 e. The van der Waals surface area contributed by atoms with Gasteiger partial charge in [0.15, 0.2) is 0 Å². The van der Waals surface area contributed by atoms with Gasteiger partial charge in [0.25, 0.3) is 0 Å². The van der Waals surface area contributed by atoms with Crippen LogP contribution in [0.25, 0.3) is 0 Å². The van der Waals surface area contributed by atoms with Crippen LogP contribution < -0.4 is 5.32 Å². The molecule has 3 heterocycles. The molecule has 1 aromatic rings. The molecule has 2 atom stereocenters. The number of hydrogen-bond donors (Lipinski definition) is 1. The van der Waals surface area contributed by atoms with Gasteiger partial charge in [-0.3, -0.25) is 9.58 Å². The van der Waals surface area contributed by atoms with E-state index in [9.17, 15) is 0 Å². The summed E-state index contributed by atoms with van der Waals surface area (Å²) >= 11 is 0. The van der Waals surface area contributed by atoms with Crippen LogP contribution in [0.2, 0.25) is 0 Å². The largest absolute Gasteiger partial charge is 0.307 e. The molecular formula is C12H20N4. The minimum Gasteiger partial charge on any atom is -0.307 e. The lowest BCUT2D eigenvalue weighted by Crippen LogP contribution is -2.38. The van der Waals surface area contributed by atoms with Crippen LogP contribution in [0.1, 0.15) is 25.0 Å². The van der Waals surface area contributed by atoms with Crippen molar-refractivity contribution in [1.29, 1.82) is 0 Å². The van der Waals surface area contributed by atoms with Gasteiger partial charge in [0, 0.05) is 38.4 Å². The highest BCUT2D eigenvalue weighted by Gasteiger charge is 2.36. The van der Waals surface area contributed by atoms with E-state index in [-0.39, 0.29) is 0 Å². The second kappa shape index (κ2) is 4.18. The van der Waals surface area contributed by atoms with Gasteiger partial charge in [-0.15, -0.1) is 0 Å². The van der Waals surface area contributed by atoms with E-state index in [0.29, 0.717) is 6.04 Å². The quantitative estimate of drug-likeness (QED) is 0.816. The van der Waals surface area contributed by atoms with Crippen molar-refractivity contribution in [1.82, 2.24) is 20.0 Å². The fourth-order valence-corrected chi connectivity index (χ4v) is 3.11. The van der Waals surface area contributed by atoms with Crippen molar-refractivity contribution in [2.75, 3.05) is 13.1 Å². The lowest BCUT2D eigenvalue weighted by atomic mass is 10.1. The average molecular weight is 220 g/mol. The Balaban J connectivity index is 1.55. The van der Waals surface area contributed by atoms with Crippen molar-refractivity contribution in [3.05, 3.63) is 18.0 Å². The molecule has 0 aliphatic carbocycles. The van der Waals surface area contributed by atoms with Gasteiger partial charge in [0.05, 0.1) is 5.69 Å². The third-order valence-electron chi connectivity index (χ3n) is 3.92. The minimum absolute atomic E-state index is 0.685. The topological polar surface area (TPSA) is 33.1 Å². The molecule has 0 aromatic carbocycles. The molecule has 2 saturated heterocycles. The highest BCUT2D eigenvalue weighted by molar-refractivity contribution is 5.01. The van der Waals surface area contributed by atoms with E-state index in [1.807, 2.05) is 17.9 Å². The first-order chi connectivity index (χ1) is 7.83. The van der Waals surface area contributed by atoms with Crippen LogP contribution in [0.15, 0.2) is 12.3 Å². The summed E-state index contributed by atoms with van der Waals surface area (Å²) in [6.45, 7) is 3.51. The molecule has 4 nitrogen and oxygen atoms in total. The van der Waals surface area contributed by atoms with Gasteiger partial charge < -0.3 is 5.32 Å². The Morgan fingerprint density at radius 3 is 3.19 bits per heavy atom. The molecule has 4 heteroatoms. The van der Waals surface area contributed by atoms with Crippen molar-refractivity contribution >= 4 is 0 Å². The maximum Gasteiger partial charge on any atom is 0.0762 e. The monoisotopic (exact) mass is 220 g/mol. The highest BCUT2D eigenvalue weighted by atomic mass is 15.3. The van der Waals surface area contributed by atoms with E-state index < -0.39 is 0 Å². The molecule has 0 radical (unpaired) electrons. The van der Waals surface area contributed by atoms with Crippen LogP contribution in [0.3, 0.4) is 0 Å². The van der Waals surface area contributed by atoms with Crippen molar-refractivity contribution in [2.24, 2.45) is 7.05 Å². The van der Waals surface area contributed by atoms with Gasteiger partial charge in [0.1, 0.15) is 0 Å². The molecule has 1 aromatic heterocycles. The normalized spacial score (nSPS) is 29.8. The molecule has 0 spiro atoms. The molecule has 88 valence electrons. The second-order valence-corrected chi connectivity index (χ2v) is 5.00. The van der Waals surface area contributed by atoms with E-state index in [4.69, 9.17) is 0 Å². The molecule has 2 aliphatic rings. The van der Waals surface area contributed by atoms with Gasteiger partial charge >= 0.3 is 0 Å². The fraction of sp³-hybridized carbons (Fsp3) is 0.750. The van der Waals surface area contributed by atoms with Crippen LogP contribution >= 0.6 is 0 Å². The summed E-state index contributed by atoms with van der Waals surface area (Å²) in [5.41, 5.74) is 1.15. The van der Waals surface area contributed by atoms with Crippen LogP contribution in [0.5, 0.6) is 0 Å². The fourth-order valence-electron chi connectivity index (χ4n) is 3.11. The van der Waals surface area contributed by atoms with Crippen LogP contribution in [0, 0.1) is 0 Å². The van der Waals surface area contributed by atoms with Crippen molar-refractivity contribution < 1.29 is 0 Å². The summed E-state index contributed by atoms with van der Waals surface area (Å²) in [7, 11) is 1.97. The minimum atomic E-state index is 0.685. The Hall–Kier alpha value is -0.870. The van der Waals surface area contributed by atoms with Gasteiger partial charge in [0.2, 0.25) is 0 Å². The third kappa shape index (κ3) is 1.87. The molecule has 2 unspecified atom stereocenters. The Morgan fingerprint density at radius 1 is 1.44 bits per heavy atom. The lowest BCUT2D eigenvalue weighted by molar-refractivity contribution is 0.298. The molecule has 0 saturated carbocycles.